The first kappa shape index (κ1) is 16.6. The van der Waals surface area contributed by atoms with E-state index in [2.05, 4.69) is 16.9 Å². The predicted octanol–water partition coefficient (Wildman–Crippen LogP) is 1.98. The van der Waals surface area contributed by atoms with E-state index in [1.54, 1.807) is 23.7 Å². The van der Waals surface area contributed by atoms with Gasteiger partial charge in [-0.15, -0.1) is 0 Å². The number of amides is 1. The molecule has 0 unspecified atom stereocenters. The zero-order chi connectivity index (χ0) is 14.8. The number of methoxy groups -OCH3 is 1. The highest BCUT2D eigenvalue weighted by atomic mass is 32.2. The first-order chi connectivity index (χ1) is 9.63. The maximum absolute atomic E-state index is 11.8. The Balaban J connectivity index is 2.14. The lowest BCUT2D eigenvalue weighted by Crippen LogP contribution is -2.30. The number of hydrogen-bond donors (Lipinski definition) is 0. The maximum atomic E-state index is 11.8. The largest absolute Gasteiger partial charge is 0.469 e. The highest BCUT2D eigenvalue weighted by molar-refractivity contribution is 7.99. The van der Waals surface area contributed by atoms with Crippen molar-refractivity contribution in [1.82, 2.24) is 4.90 Å². The lowest BCUT2D eigenvalue weighted by atomic mass is 10.2. The molecule has 0 fully saturated rings. The molecular formula is C15H21NO3S. The molecule has 0 bridgehead atoms. The fourth-order valence-corrected chi connectivity index (χ4v) is 2.51. The van der Waals surface area contributed by atoms with Crippen molar-refractivity contribution in [3.63, 3.8) is 0 Å². The molecule has 0 saturated heterocycles. The van der Waals surface area contributed by atoms with E-state index in [0.29, 0.717) is 12.3 Å². The quantitative estimate of drug-likeness (QED) is 0.543. The highest BCUT2D eigenvalue weighted by Gasteiger charge is 2.10. The molecule has 20 heavy (non-hydrogen) atoms. The minimum Gasteiger partial charge on any atom is -0.469 e. The summed E-state index contributed by atoms with van der Waals surface area (Å²) in [6.45, 7) is 0.407. The summed E-state index contributed by atoms with van der Waals surface area (Å²) in [6.07, 6.45) is 1.21. The molecule has 110 valence electrons. The van der Waals surface area contributed by atoms with Gasteiger partial charge in [0, 0.05) is 13.6 Å². The molecule has 1 aromatic carbocycles. The van der Waals surface area contributed by atoms with E-state index in [0.717, 1.165) is 12.2 Å². The maximum Gasteiger partial charge on any atom is 0.307 e. The van der Waals surface area contributed by atoms with Crippen molar-refractivity contribution < 1.29 is 14.3 Å². The number of thioether (sulfide) groups is 1. The van der Waals surface area contributed by atoms with E-state index in [-0.39, 0.29) is 18.3 Å². The van der Waals surface area contributed by atoms with Gasteiger partial charge in [-0.2, -0.15) is 11.8 Å². The van der Waals surface area contributed by atoms with E-state index in [1.807, 2.05) is 18.2 Å². The smallest absolute Gasteiger partial charge is 0.307 e. The van der Waals surface area contributed by atoms with Crippen molar-refractivity contribution in [2.24, 2.45) is 0 Å². The van der Waals surface area contributed by atoms with E-state index < -0.39 is 0 Å². The Morgan fingerprint density at radius 2 is 1.95 bits per heavy atom. The van der Waals surface area contributed by atoms with Gasteiger partial charge < -0.3 is 9.64 Å². The van der Waals surface area contributed by atoms with Crippen molar-refractivity contribution in [3.8, 4) is 0 Å². The van der Waals surface area contributed by atoms with E-state index >= 15 is 0 Å². The number of aryl methyl sites for hydroxylation is 1. The molecule has 0 aromatic heterocycles. The lowest BCUT2D eigenvalue weighted by Gasteiger charge is -2.16. The van der Waals surface area contributed by atoms with E-state index in [9.17, 15) is 9.59 Å². The number of carbonyl (C=O) groups is 2. The fraction of sp³-hybridized carbons (Fsp3) is 0.467. The molecule has 0 spiro atoms. The molecule has 0 N–H and O–H groups in total. The second-order valence-corrected chi connectivity index (χ2v) is 5.53. The van der Waals surface area contributed by atoms with Crippen LogP contribution in [0.5, 0.6) is 0 Å². The first-order valence-corrected chi connectivity index (χ1v) is 7.71. The molecule has 0 radical (unpaired) electrons. The summed E-state index contributed by atoms with van der Waals surface area (Å²) in [5.74, 6) is 1.12. The summed E-state index contributed by atoms with van der Waals surface area (Å²) in [5.41, 5.74) is 1.28. The molecule has 0 heterocycles. The van der Waals surface area contributed by atoms with Crippen LogP contribution >= 0.6 is 11.8 Å². The van der Waals surface area contributed by atoms with Crippen LogP contribution in [0, 0.1) is 0 Å². The standard InChI is InChI=1S/C15H21NO3S/c1-16(10-8-15(18)19-2)14(17)12-20-11-9-13-6-4-3-5-7-13/h3-7H,8-12H2,1-2H3. The molecule has 1 amide bonds. The molecule has 0 saturated carbocycles. The number of nitrogens with zero attached hydrogens (tertiary/aromatic N) is 1. The average Bonchev–Trinajstić information content (AvgIpc) is 2.49. The van der Waals surface area contributed by atoms with Crippen molar-refractivity contribution in [2.75, 3.05) is 32.2 Å². The number of hydrogen-bond acceptors (Lipinski definition) is 4. The number of ether oxygens (including phenoxy) is 1. The van der Waals surface area contributed by atoms with Gasteiger partial charge in [-0.1, -0.05) is 30.3 Å². The first-order valence-electron chi connectivity index (χ1n) is 6.56. The summed E-state index contributed by atoms with van der Waals surface area (Å²) in [7, 11) is 3.06. The fourth-order valence-electron chi connectivity index (χ4n) is 1.59. The molecule has 0 aliphatic heterocycles. The molecule has 1 aromatic rings. The molecule has 1 rings (SSSR count). The number of esters is 1. The van der Waals surface area contributed by atoms with Crippen molar-refractivity contribution in [1.29, 1.82) is 0 Å². The van der Waals surface area contributed by atoms with E-state index in [1.165, 1.54) is 12.7 Å². The zero-order valence-electron chi connectivity index (χ0n) is 12.0. The van der Waals surface area contributed by atoms with Crippen LogP contribution in [0.4, 0.5) is 0 Å². The Hall–Kier alpha value is -1.49. The normalized spacial score (nSPS) is 10.1. The minimum absolute atomic E-state index is 0.0481. The summed E-state index contributed by atoms with van der Waals surface area (Å²) in [5, 5.41) is 0. The Kier molecular flexibility index (Phi) is 7.80. The topological polar surface area (TPSA) is 46.6 Å². The van der Waals surface area contributed by atoms with Gasteiger partial charge >= 0.3 is 5.97 Å². The van der Waals surface area contributed by atoms with Crippen molar-refractivity contribution >= 4 is 23.6 Å². The van der Waals surface area contributed by atoms with Gasteiger partial charge in [-0.05, 0) is 17.7 Å². The third kappa shape index (κ3) is 6.61. The second-order valence-electron chi connectivity index (χ2n) is 4.43. The number of benzene rings is 1. The summed E-state index contributed by atoms with van der Waals surface area (Å²) in [6, 6.07) is 10.2. The van der Waals surface area contributed by atoms with Gasteiger partial charge in [0.15, 0.2) is 0 Å². The van der Waals surface area contributed by atoms with Crippen molar-refractivity contribution in [3.05, 3.63) is 35.9 Å². The number of carbonyl (C=O) groups excluding carboxylic acids is 2. The van der Waals surface area contributed by atoms with Crippen LogP contribution in [0.2, 0.25) is 0 Å². The molecule has 0 aliphatic rings. The Morgan fingerprint density at radius 1 is 1.25 bits per heavy atom. The van der Waals surface area contributed by atoms with Crippen molar-refractivity contribution in [2.45, 2.75) is 12.8 Å². The Bertz CT molecular complexity index is 422. The van der Waals surface area contributed by atoms with Gasteiger partial charge in [0.25, 0.3) is 0 Å². The van der Waals surface area contributed by atoms with Crippen LogP contribution in [0.1, 0.15) is 12.0 Å². The summed E-state index contributed by atoms with van der Waals surface area (Å²) < 4.78 is 4.55. The monoisotopic (exact) mass is 295 g/mol. The Morgan fingerprint density at radius 3 is 2.60 bits per heavy atom. The molecule has 0 atom stereocenters. The summed E-state index contributed by atoms with van der Waals surface area (Å²) >= 11 is 1.62. The Labute approximate surface area is 124 Å². The highest BCUT2D eigenvalue weighted by Crippen LogP contribution is 2.08. The molecular weight excluding hydrogens is 274 g/mol. The molecule has 0 aliphatic carbocycles. The van der Waals surface area contributed by atoms with Crippen LogP contribution in [-0.2, 0) is 20.7 Å². The molecule has 4 nitrogen and oxygen atoms in total. The predicted molar refractivity (Wildman–Crippen MR) is 81.7 cm³/mol. The number of rotatable bonds is 8. The lowest BCUT2D eigenvalue weighted by molar-refractivity contribution is -0.141. The van der Waals surface area contributed by atoms with Gasteiger partial charge in [0.05, 0.1) is 19.3 Å². The van der Waals surface area contributed by atoms with Gasteiger partial charge in [-0.25, -0.2) is 0 Å². The minimum atomic E-state index is -0.290. The van der Waals surface area contributed by atoms with Gasteiger partial charge in [-0.3, -0.25) is 9.59 Å². The SMILES string of the molecule is COC(=O)CCN(C)C(=O)CSCCc1ccccc1. The third-order valence-corrected chi connectivity index (χ3v) is 3.85. The van der Waals surface area contributed by atoms with Crippen LogP contribution in [0.15, 0.2) is 30.3 Å². The third-order valence-electron chi connectivity index (χ3n) is 2.91. The van der Waals surface area contributed by atoms with Crippen LogP contribution in [-0.4, -0.2) is 49.0 Å². The van der Waals surface area contributed by atoms with E-state index in [4.69, 9.17) is 0 Å². The molecule has 5 heteroatoms. The average molecular weight is 295 g/mol. The summed E-state index contributed by atoms with van der Waals surface area (Å²) in [4.78, 5) is 24.4. The van der Waals surface area contributed by atoms with Crippen LogP contribution in [0.3, 0.4) is 0 Å². The second kappa shape index (κ2) is 9.42. The van der Waals surface area contributed by atoms with Gasteiger partial charge in [0.2, 0.25) is 5.91 Å². The van der Waals surface area contributed by atoms with Gasteiger partial charge in [0.1, 0.15) is 0 Å². The zero-order valence-corrected chi connectivity index (χ0v) is 12.8. The van der Waals surface area contributed by atoms with Crippen LogP contribution in [0.25, 0.3) is 0 Å². The van der Waals surface area contributed by atoms with Crippen LogP contribution < -0.4 is 0 Å².